The van der Waals surface area contributed by atoms with E-state index in [4.69, 9.17) is 14.2 Å². The number of ether oxygens (including phenoxy) is 3. The summed E-state index contributed by atoms with van der Waals surface area (Å²) in [5, 5.41) is 2.39. The molecule has 3 nitrogen and oxygen atoms in total. The third-order valence-corrected chi connectivity index (χ3v) is 5.21. The summed E-state index contributed by atoms with van der Waals surface area (Å²) < 4.78 is 17.2. The number of methoxy groups -OCH3 is 1. The first kappa shape index (κ1) is 19.8. The van der Waals surface area contributed by atoms with Crippen LogP contribution in [0.5, 0.6) is 17.2 Å². The summed E-state index contributed by atoms with van der Waals surface area (Å²) in [6, 6.07) is 30.7. The summed E-state index contributed by atoms with van der Waals surface area (Å²) in [5.41, 5.74) is 2.41. The average molecular weight is 399 g/mol. The third kappa shape index (κ3) is 4.93. The van der Waals surface area contributed by atoms with Crippen LogP contribution in [-0.4, -0.2) is 13.7 Å². The molecule has 0 saturated heterocycles. The molecule has 0 unspecified atom stereocenters. The Labute approximate surface area is 177 Å². The van der Waals surface area contributed by atoms with Gasteiger partial charge in [-0.15, -0.1) is 0 Å². The van der Waals surface area contributed by atoms with Gasteiger partial charge in [-0.2, -0.15) is 0 Å². The fourth-order valence-electron chi connectivity index (χ4n) is 3.37. The van der Waals surface area contributed by atoms with Crippen LogP contribution in [0.2, 0.25) is 0 Å². The van der Waals surface area contributed by atoms with Crippen LogP contribution in [0.3, 0.4) is 0 Å². The van der Waals surface area contributed by atoms with Gasteiger partial charge in [0.2, 0.25) is 0 Å². The number of fused-ring (bicyclic) bond motifs is 1. The second-order valence-electron chi connectivity index (χ2n) is 7.43. The van der Waals surface area contributed by atoms with E-state index in [1.165, 1.54) is 16.3 Å². The number of hydrogen-bond donors (Lipinski definition) is 0. The zero-order valence-electron chi connectivity index (χ0n) is 17.4. The highest BCUT2D eigenvalue weighted by Gasteiger charge is 2.08. The molecule has 3 heteroatoms. The second-order valence-corrected chi connectivity index (χ2v) is 7.43. The van der Waals surface area contributed by atoms with Gasteiger partial charge in [-0.05, 0) is 58.3 Å². The molecule has 0 aromatic heterocycles. The minimum absolute atomic E-state index is 0.283. The Bertz CT molecular complexity index is 1090. The van der Waals surface area contributed by atoms with Crippen molar-refractivity contribution in [1.82, 2.24) is 0 Å². The Morgan fingerprint density at radius 2 is 1.30 bits per heavy atom. The van der Waals surface area contributed by atoms with Crippen LogP contribution in [-0.2, 0) is 6.61 Å². The van der Waals surface area contributed by atoms with Crippen molar-refractivity contribution in [2.75, 3.05) is 13.7 Å². The minimum Gasteiger partial charge on any atom is -0.497 e. The van der Waals surface area contributed by atoms with Crippen LogP contribution < -0.4 is 14.2 Å². The quantitative estimate of drug-likeness (QED) is 0.334. The van der Waals surface area contributed by atoms with E-state index in [9.17, 15) is 0 Å². The van der Waals surface area contributed by atoms with Gasteiger partial charge in [0.15, 0.2) is 0 Å². The molecule has 0 bridgehead atoms. The van der Waals surface area contributed by atoms with Gasteiger partial charge < -0.3 is 14.2 Å². The Morgan fingerprint density at radius 1 is 0.667 bits per heavy atom. The Balaban J connectivity index is 1.33. The normalized spacial score (nSPS) is 11.8. The third-order valence-electron chi connectivity index (χ3n) is 5.21. The molecule has 30 heavy (non-hydrogen) atoms. The summed E-state index contributed by atoms with van der Waals surface area (Å²) in [7, 11) is 1.69. The Kier molecular flexibility index (Phi) is 6.19. The molecule has 4 aromatic carbocycles. The molecular formula is C27H26O3. The van der Waals surface area contributed by atoms with E-state index in [1.807, 2.05) is 48.5 Å². The Hall–Kier alpha value is -3.46. The van der Waals surface area contributed by atoms with Crippen molar-refractivity contribution in [3.8, 4) is 17.2 Å². The van der Waals surface area contributed by atoms with Crippen LogP contribution in [0.1, 0.15) is 24.0 Å². The van der Waals surface area contributed by atoms with E-state index < -0.39 is 0 Å². The summed E-state index contributed by atoms with van der Waals surface area (Å²) in [6.07, 6.45) is 0. The smallest absolute Gasteiger partial charge is 0.120 e. The van der Waals surface area contributed by atoms with Gasteiger partial charge in [0.05, 0.1) is 13.7 Å². The fourth-order valence-corrected chi connectivity index (χ4v) is 3.37. The molecule has 1 atom stereocenters. The largest absolute Gasteiger partial charge is 0.497 e. The van der Waals surface area contributed by atoms with Gasteiger partial charge in [-0.3, -0.25) is 0 Å². The van der Waals surface area contributed by atoms with Crippen LogP contribution in [0.25, 0.3) is 10.8 Å². The van der Waals surface area contributed by atoms with Crippen LogP contribution in [0.4, 0.5) is 0 Å². The van der Waals surface area contributed by atoms with Crippen molar-refractivity contribution >= 4 is 10.8 Å². The van der Waals surface area contributed by atoms with Crippen LogP contribution >= 0.6 is 0 Å². The predicted octanol–water partition coefficient (Wildman–Crippen LogP) is 6.61. The monoisotopic (exact) mass is 398 g/mol. The van der Waals surface area contributed by atoms with Crippen molar-refractivity contribution in [3.05, 3.63) is 102 Å². The van der Waals surface area contributed by atoms with Crippen molar-refractivity contribution < 1.29 is 14.2 Å². The lowest BCUT2D eigenvalue weighted by atomic mass is 9.98. The van der Waals surface area contributed by atoms with Crippen molar-refractivity contribution in [2.24, 2.45) is 0 Å². The molecule has 4 aromatic rings. The van der Waals surface area contributed by atoms with E-state index in [-0.39, 0.29) is 5.92 Å². The molecule has 152 valence electrons. The fraction of sp³-hybridized carbons (Fsp3) is 0.185. The van der Waals surface area contributed by atoms with Gasteiger partial charge in [-0.1, -0.05) is 61.5 Å². The lowest BCUT2D eigenvalue weighted by Crippen LogP contribution is -2.07. The van der Waals surface area contributed by atoms with Gasteiger partial charge in [0, 0.05) is 5.92 Å². The lowest BCUT2D eigenvalue weighted by molar-refractivity contribution is 0.291. The van der Waals surface area contributed by atoms with Gasteiger partial charge in [0.25, 0.3) is 0 Å². The molecule has 0 aliphatic heterocycles. The molecule has 0 spiro atoms. The molecule has 4 rings (SSSR count). The molecule has 0 aliphatic rings. The van der Waals surface area contributed by atoms with Gasteiger partial charge in [-0.25, -0.2) is 0 Å². The van der Waals surface area contributed by atoms with E-state index >= 15 is 0 Å². The first-order chi connectivity index (χ1) is 14.7. The van der Waals surface area contributed by atoms with Crippen LogP contribution in [0.15, 0.2) is 91.0 Å². The predicted molar refractivity (Wildman–Crippen MR) is 122 cm³/mol. The molecule has 0 heterocycles. The van der Waals surface area contributed by atoms with E-state index in [1.54, 1.807) is 7.11 Å². The molecule has 0 N–H and O–H groups in total. The summed E-state index contributed by atoms with van der Waals surface area (Å²) in [6.45, 7) is 3.36. The first-order valence-corrected chi connectivity index (χ1v) is 10.2. The molecule has 0 radical (unpaired) electrons. The maximum Gasteiger partial charge on any atom is 0.120 e. The van der Waals surface area contributed by atoms with Crippen LogP contribution in [0, 0.1) is 0 Å². The van der Waals surface area contributed by atoms with Gasteiger partial charge in [0.1, 0.15) is 23.9 Å². The van der Waals surface area contributed by atoms with E-state index in [2.05, 4.69) is 49.4 Å². The zero-order chi connectivity index (χ0) is 20.8. The molecule has 0 fully saturated rings. The van der Waals surface area contributed by atoms with E-state index in [0.29, 0.717) is 13.2 Å². The highest BCUT2D eigenvalue weighted by atomic mass is 16.5. The van der Waals surface area contributed by atoms with Crippen molar-refractivity contribution in [3.63, 3.8) is 0 Å². The summed E-state index contributed by atoms with van der Waals surface area (Å²) in [5.74, 6) is 2.84. The molecular weight excluding hydrogens is 372 g/mol. The lowest BCUT2D eigenvalue weighted by Gasteiger charge is -2.15. The highest BCUT2D eigenvalue weighted by Crippen LogP contribution is 2.26. The number of benzene rings is 4. The highest BCUT2D eigenvalue weighted by molar-refractivity contribution is 5.84. The van der Waals surface area contributed by atoms with E-state index in [0.717, 1.165) is 22.8 Å². The molecule has 0 saturated carbocycles. The second kappa shape index (κ2) is 9.36. The topological polar surface area (TPSA) is 27.7 Å². The van der Waals surface area contributed by atoms with Crippen molar-refractivity contribution in [1.29, 1.82) is 0 Å². The molecule has 0 amide bonds. The minimum atomic E-state index is 0.283. The maximum absolute atomic E-state index is 6.01. The number of hydrogen-bond acceptors (Lipinski definition) is 3. The Morgan fingerprint density at radius 3 is 2.03 bits per heavy atom. The SMILES string of the molecule is COc1ccc2cc([C@H](C)COc3ccc(OCc4ccccc4)cc3)ccc2c1. The summed E-state index contributed by atoms with van der Waals surface area (Å²) >= 11 is 0. The maximum atomic E-state index is 6.01. The average Bonchev–Trinajstić information content (AvgIpc) is 2.81. The molecule has 0 aliphatic carbocycles. The van der Waals surface area contributed by atoms with Crippen molar-refractivity contribution in [2.45, 2.75) is 19.4 Å². The standard InChI is InChI=1S/C27H26O3/c1-20(22-8-9-24-17-27(28-2)11-10-23(24)16-22)18-29-25-12-14-26(15-13-25)30-19-21-6-4-3-5-7-21/h3-17,20H,18-19H2,1-2H3/t20-/m1/s1. The number of rotatable bonds is 8. The van der Waals surface area contributed by atoms with Gasteiger partial charge >= 0.3 is 0 Å². The zero-order valence-corrected chi connectivity index (χ0v) is 17.4. The first-order valence-electron chi connectivity index (χ1n) is 10.2. The summed E-state index contributed by atoms with van der Waals surface area (Å²) in [4.78, 5) is 0.